The van der Waals surface area contributed by atoms with Crippen molar-refractivity contribution < 1.29 is 24.2 Å². The second kappa shape index (κ2) is 7.94. The average molecular weight is 373 g/mol. The number of esters is 1. The van der Waals surface area contributed by atoms with E-state index in [2.05, 4.69) is 4.90 Å². The molecule has 0 bridgehead atoms. The highest BCUT2D eigenvalue weighted by molar-refractivity contribution is 5.89. The molecule has 0 saturated carbocycles. The lowest BCUT2D eigenvalue weighted by molar-refractivity contribution is -0.170. The Hall–Kier alpha value is -2.63. The highest BCUT2D eigenvalue weighted by Crippen LogP contribution is 2.26. The standard InChI is InChI=1S/C19H23N3O5/c1-2-26-17(23)19(25)7-9-21(10-8-19)12-16-13-22(18(24)27-16)15-5-3-14(11-20)4-6-15/h3-6,16,25H,2,7-10,12-13H2,1H3. The Morgan fingerprint density at radius 3 is 2.63 bits per heavy atom. The van der Waals surface area contributed by atoms with Crippen LogP contribution in [0.1, 0.15) is 25.3 Å². The summed E-state index contributed by atoms with van der Waals surface area (Å²) < 4.78 is 10.4. The minimum atomic E-state index is -1.42. The first kappa shape index (κ1) is 19.1. The van der Waals surface area contributed by atoms with Crippen molar-refractivity contribution in [1.82, 2.24) is 4.90 Å². The van der Waals surface area contributed by atoms with E-state index < -0.39 is 17.7 Å². The van der Waals surface area contributed by atoms with Crippen LogP contribution in [0.3, 0.4) is 0 Å². The van der Waals surface area contributed by atoms with Gasteiger partial charge in [0.05, 0.1) is 24.8 Å². The number of likely N-dealkylation sites (tertiary alicyclic amines) is 1. The van der Waals surface area contributed by atoms with E-state index in [4.69, 9.17) is 14.7 Å². The number of aliphatic hydroxyl groups is 1. The fourth-order valence-electron chi connectivity index (χ4n) is 3.41. The lowest BCUT2D eigenvalue weighted by atomic mass is 9.91. The molecule has 1 N–H and O–H groups in total. The van der Waals surface area contributed by atoms with E-state index in [1.54, 1.807) is 36.1 Å². The molecule has 0 aromatic heterocycles. The molecule has 2 fully saturated rings. The van der Waals surface area contributed by atoms with Crippen molar-refractivity contribution in [3.05, 3.63) is 29.8 Å². The van der Waals surface area contributed by atoms with Crippen LogP contribution in [-0.4, -0.2) is 66.6 Å². The number of amides is 1. The summed E-state index contributed by atoms with van der Waals surface area (Å²) >= 11 is 0. The number of hydrogen-bond acceptors (Lipinski definition) is 7. The van der Waals surface area contributed by atoms with E-state index in [9.17, 15) is 14.7 Å². The number of rotatable bonds is 5. The molecule has 2 saturated heterocycles. The Morgan fingerprint density at radius 2 is 2.04 bits per heavy atom. The zero-order valence-electron chi connectivity index (χ0n) is 15.3. The Labute approximate surface area is 157 Å². The van der Waals surface area contributed by atoms with Crippen molar-refractivity contribution in [3.63, 3.8) is 0 Å². The maximum atomic E-state index is 12.2. The molecule has 3 rings (SSSR count). The topological polar surface area (TPSA) is 103 Å². The van der Waals surface area contributed by atoms with Crippen LogP contribution in [-0.2, 0) is 14.3 Å². The molecule has 2 heterocycles. The number of hydrogen-bond donors (Lipinski definition) is 1. The van der Waals surface area contributed by atoms with Gasteiger partial charge in [-0.3, -0.25) is 9.80 Å². The lowest BCUT2D eigenvalue weighted by Crippen LogP contribution is -2.51. The summed E-state index contributed by atoms with van der Waals surface area (Å²) in [5.74, 6) is -0.566. The predicted molar refractivity (Wildman–Crippen MR) is 96.0 cm³/mol. The normalized spacial score (nSPS) is 22.2. The monoisotopic (exact) mass is 373 g/mol. The third kappa shape index (κ3) is 4.21. The molecular weight excluding hydrogens is 350 g/mol. The van der Waals surface area contributed by atoms with E-state index in [0.717, 1.165) is 0 Å². The highest BCUT2D eigenvalue weighted by Gasteiger charge is 2.42. The quantitative estimate of drug-likeness (QED) is 0.775. The van der Waals surface area contributed by atoms with Gasteiger partial charge in [0.2, 0.25) is 0 Å². The molecule has 0 spiro atoms. The Bertz CT molecular complexity index is 735. The van der Waals surface area contributed by atoms with Crippen LogP contribution >= 0.6 is 0 Å². The van der Waals surface area contributed by atoms with E-state index in [1.807, 2.05) is 6.07 Å². The molecule has 27 heavy (non-hydrogen) atoms. The van der Waals surface area contributed by atoms with Crippen LogP contribution in [0.25, 0.3) is 0 Å². The largest absolute Gasteiger partial charge is 0.464 e. The average Bonchev–Trinajstić information content (AvgIpc) is 3.04. The molecule has 144 valence electrons. The third-order valence-corrected chi connectivity index (χ3v) is 4.98. The molecule has 2 aliphatic rings. The van der Waals surface area contributed by atoms with Gasteiger partial charge in [0, 0.05) is 25.3 Å². The van der Waals surface area contributed by atoms with Gasteiger partial charge in [0.25, 0.3) is 0 Å². The van der Waals surface area contributed by atoms with Crippen molar-refractivity contribution in [1.29, 1.82) is 5.26 Å². The van der Waals surface area contributed by atoms with Gasteiger partial charge in [-0.1, -0.05) is 0 Å². The van der Waals surface area contributed by atoms with Gasteiger partial charge < -0.3 is 14.6 Å². The summed E-state index contributed by atoms with van der Waals surface area (Å²) in [6, 6.07) is 8.82. The molecule has 2 aliphatic heterocycles. The summed E-state index contributed by atoms with van der Waals surface area (Å²) in [6.07, 6.45) is -0.107. The van der Waals surface area contributed by atoms with Crippen molar-refractivity contribution in [2.75, 3.05) is 37.7 Å². The van der Waals surface area contributed by atoms with E-state index in [-0.39, 0.29) is 12.7 Å². The van der Waals surface area contributed by atoms with Crippen molar-refractivity contribution >= 4 is 17.7 Å². The minimum absolute atomic E-state index is 0.244. The second-order valence-electron chi connectivity index (χ2n) is 6.83. The first-order valence-electron chi connectivity index (χ1n) is 9.05. The molecular formula is C19H23N3O5. The summed E-state index contributed by atoms with van der Waals surface area (Å²) in [5, 5.41) is 19.3. The molecule has 0 aliphatic carbocycles. The van der Waals surface area contributed by atoms with Gasteiger partial charge in [-0.05, 0) is 44.0 Å². The zero-order chi connectivity index (χ0) is 19.4. The Kier molecular flexibility index (Phi) is 5.63. The van der Waals surface area contributed by atoms with Gasteiger partial charge in [-0.15, -0.1) is 0 Å². The fraction of sp³-hybridized carbons (Fsp3) is 0.526. The summed E-state index contributed by atoms with van der Waals surface area (Å²) in [6.45, 7) is 3.97. The van der Waals surface area contributed by atoms with Gasteiger partial charge in [-0.25, -0.2) is 9.59 Å². The number of anilines is 1. The summed E-state index contributed by atoms with van der Waals surface area (Å²) in [7, 11) is 0. The predicted octanol–water partition coefficient (Wildman–Crippen LogP) is 1.27. The van der Waals surface area contributed by atoms with Gasteiger partial charge in [0.1, 0.15) is 6.10 Å². The Morgan fingerprint density at radius 1 is 1.37 bits per heavy atom. The molecule has 0 radical (unpaired) electrons. The van der Waals surface area contributed by atoms with Gasteiger partial charge in [0.15, 0.2) is 5.60 Å². The zero-order valence-corrected chi connectivity index (χ0v) is 15.3. The van der Waals surface area contributed by atoms with Crippen LogP contribution in [0, 0.1) is 11.3 Å². The number of nitriles is 1. The minimum Gasteiger partial charge on any atom is -0.464 e. The van der Waals surface area contributed by atoms with Crippen LogP contribution in [0.15, 0.2) is 24.3 Å². The second-order valence-corrected chi connectivity index (χ2v) is 6.83. The highest BCUT2D eigenvalue weighted by atomic mass is 16.6. The number of ether oxygens (including phenoxy) is 2. The summed E-state index contributed by atoms with van der Waals surface area (Å²) in [4.78, 5) is 27.7. The molecule has 8 nitrogen and oxygen atoms in total. The van der Waals surface area contributed by atoms with E-state index >= 15 is 0 Å². The fourth-order valence-corrected chi connectivity index (χ4v) is 3.41. The number of carbonyl (C=O) groups excluding carboxylic acids is 2. The SMILES string of the molecule is CCOC(=O)C1(O)CCN(CC2CN(c3ccc(C#N)cc3)C(=O)O2)CC1. The van der Waals surface area contributed by atoms with Crippen molar-refractivity contribution in [2.24, 2.45) is 0 Å². The van der Waals surface area contributed by atoms with Crippen LogP contribution in [0.5, 0.6) is 0 Å². The van der Waals surface area contributed by atoms with Crippen LogP contribution in [0.4, 0.5) is 10.5 Å². The number of benzene rings is 1. The number of piperidine rings is 1. The number of cyclic esters (lactones) is 1. The first-order valence-corrected chi connectivity index (χ1v) is 9.05. The van der Waals surface area contributed by atoms with Crippen molar-refractivity contribution in [3.8, 4) is 6.07 Å². The molecule has 8 heteroatoms. The van der Waals surface area contributed by atoms with Crippen LogP contribution in [0.2, 0.25) is 0 Å². The van der Waals surface area contributed by atoms with E-state index in [1.165, 1.54) is 0 Å². The van der Waals surface area contributed by atoms with E-state index in [0.29, 0.717) is 50.3 Å². The maximum Gasteiger partial charge on any atom is 0.414 e. The Balaban J connectivity index is 1.53. The number of carbonyl (C=O) groups is 2. The first-order chi connectivity index (χ1) is 12.9. The van der Waals surface area contributed by atoms with Gasteiger partial charge >= 0.3 is 12.1 Å². The van der Waals surface area contributed by atoms with Gasteiger partial charge in [-0.2, -0.15) is 5.26 Å². The molecule has 1 atom stereocenters. The molecule has 1 aromatic carbocycles. The lowest BCUT2D eigenvalue weighted by Gasteiger charge is -2.36. The summed E-state index contributed by atoms with van der Waals surface area (Å²) in [5.41, 5.74) is -0.199. The third-order valence-electron chi connectivity index (χ3n) is 4.98. The molecule has 1 aromatic rings. The molecule has 1 unspecified atom stereocenters. The number of nitrogens with zero attached hydrogens (tertiary/aromatic N) is 3. The van der Waals surface area contributed by atoms with Crippen LogP contribution < -0.4 is 4.90 Å². The van der Waals surface area contributed by atoms with Crippen molar-refractivity contribution in [2.45, 2.75) is 31.5 Å². The molecule has 1 amide bonds. The maximum absolute atomic E-state index is 12.2. The smallest absolute Gasteiger partial charge is 0.414 e.